The maximum Gasteiger partial charge on any atom is 0.444 e. The van der Waals surface area contributed by atoms with E-state index in [1.807, 2.05) is 20.8 Å². The van der Waals surface area contributed by atoms with E-state index in [2.05, 4.69) is 4.99 Å². The topological polar surface area (TPSA) is 12.4 Å². The summed E-state index contributed by atoms with van der Waals surface area (Å²) in [5.74, 6) is 0. The number of nitrogens with zero attached hydrogens (tertiary/aromatic N) is 1. The second kappa shape index (κ2) is 4.69. The van der Waals surface area contributed by atoms with E-state index in [-0.39, 0.29) is 11.1 Å². The van der Waals surface area contributed by atoms with Crippen molar-refractivity contribution in [1.29, 1.82) is 0 Å². The molecular formula is C12H13ClF3N. The summed E-state index contributed by atoms with van der Waals surface area (Å²) in [5, 5.41) is -1.36. The number of alkyl halides is 3. The fraction of sp³-hybridized carbons (Fsp3) is 0.417. The van der Waals surface area contributed by atoms with Crippen molar-refractivity contribution >= 4 is 22.5 Å². The Balaban J connectivity index is 2.97. The van der Waals surface area contributed by atoms with Crippen LogP contribution in [0.3, 0.4) is 0 Å². The lowest BCUT2D eigenvalue weighted by molar-refractivity contribution is -0.0558. The minimum absolute atomic E-state index is 0.0456. The molecule has 1 rings (SSSR count). The standard InChI is InChI=1S/C12H13ClF3N/c1-11(2,3)8-4-6-9(7-5-8)17-10(13)12(14,15)16/h4-7H,1-3H3. The molecule has 0 saturated heterocycles. The fourth-order valence-corrected chi connectivity index (χ4v) is 1.31. The van der Waals surface area contributed by atoms with Crippen molar-refractivity contribution in [3.63, 3.8) is 0 Å². The predicted molar refractivity (Wildman–Crippen MR) is 64.1 cm³/mol. The van der Waals surface area contributed by atoms with Crippen LogP contribution in [0.2, 0.25) is 0 Å². The molecule has 0 unspecified atom stereocenters. The molecule has 0 atom stereocenters. The van der Waals surface area contributed by atoms with E-state index in [0.717, 1.165) is 5.56 Å². The molecule has 0 spiro atoms. The Labute approximate surface area is 103 Å². The highest BCUT2D eigenvalue weighted by molar-refractivity contribution is 6.67. The molecule has 0 aliphatic rings. The molecule has 1 nitrogen and oxygen atoms in total. The molecule has 0 aliphatic carbocycles. The van der Waals surface area contributed by atoms with E-state index in [1.54, 1.807) is 12.1 Å². The molecule has 0 bridgehead atoms. The van der Waals surface area contributed by atoms with E-state index < -0.39 is 11.3 Å². The van der Waals surface area contributed by atoms with Crippen LogP contribution in [0.1, 0.15) is 26.3 Å². The van der Waals surface area contributed by atoms with Crippen LogP contribution in [-0.4, -0.2) is 11.3 Å². The molecule has 0 aromatic heterocycles. The Morgan fingerprint density at radius 1 is 1.06 bits per heavy atom. The number of benzene rings is 1. The average molecular weight is 264 g/mol. The zero-order chi connectivity index (χ0) is 13.3. The minimum Gasteiger partial charge on any atom is -0.232 e. The van der Waals surface area contributed by atoms with Gasteiger partial charge in [-0.3, -0.25) is 0 Å². The van der Waals surface area contributed by atoms with Gasteiger partial charge in [-0.2, -0.15) is 13.2 Å². The number of hydrogen-bond donors (Lipinski definition) is 0. The van der Waals surface area contributed by atoms with Crippen LogP contribution in [0.15, 0.2) is 29.3 Å². The molecule has 5 heteroatoms. The molecule has 0 amide bonds. The summed E-state index contributed by atoms with van der Waals surface area (Å²) in [5.41, 5.74) is 1.18. The van der Waals surface area contributed by atoms with Gasteiger partial charge < -0.3 is 0 Å². The molecule has 0 N–H and O–H groups in total. The number of aliphatic imine (C=N–C) groups is 1. The number of hydrogen-bond acceptors (Lipinski definition) is 1. The SMILES string of the molecule is CC(C)(C)c1ccc(N=C(Cl)C(F)(F)F)cc1. The molecule has 1 aromatic carbocycles. The summed E-state index contributed by atoms with van der Waals surface area (Å²) in [7, 11) is 0. The second-order valence-corrected chi connectivity index (χ2v) is 5.06. The van der Waals surface area contributed by atoms with Gasteiger partial charge in [-0.15, -0.1) is 0 Å². The van der Waals surface area contributed by atoms with Crippen LogP contribution in [0.5, 0.6) is 0 Å². The van der Waals surface area contributed by atoms with Crippen molar-refractivity contribution < 1.29 is 13.2 Å². The van der Waals surface area contributed by atoms with Crippen molar-refractivity contribution in [2.75, 3.05) is 0 Å². The molecule has 94 valence electrons. The minimum atomic E-state index is -4.59. The quantitative estimate of drug-likeness (QED) is 0.645. The summed E-state index contributed by atoms with van der Waals surface area (Å²) in [6.07, 6.45) is -4.59. The Morgan fingerprint density at radius 2 is 1.53 bits per heavy atom. The molecule has 0 aliphatic heterocycles. The third-order valence-electron chi connectivity index (χ3n) is 2.19. The van der Waals surface area contributed by atoms with E-state index in [0.29, 0.717) is 0 Å². The summed E-state index contributed by atoms with van der Waals surface area (Å²) >= 11 is 5.05. The maximum atomic E-state index is 12.1. The normalized spacial score (nSPS) is 13.9. The Morgan fingerprint density at radius 3 is 1.88 bits per heavy atom. The van der Waals surface area contributed by atoms with E-state index in [1.165, 1.54) is 12.1 Å². The van der Waals surface area contributed by atoms with Crippen LogP contribution in [-0.2, 0) is 5.41 Å². The summed E-state index contributed by atoms with van der Waals surface area (Å²) in [4.78, 5) is 3.31. The highest BCUT2D eigenvalue weighted by Gasteiger charge is 2.34. The highest BCUT2D eigenvalue weighted by Crippen LogP contribution is 2.27. The van der Waals surface area contributed by atoms with Gasteiger partial charge in [0.15, 0.2) is 0 Å². The van der Waals surface area contributed by atoms with Gasteiger partial charge >= 0.3 is 6.18 Å². The number of halogens is 4. The predicted octanol–water partition coefficient (Wildman–Crippen LogP) is 4.82. The van der Waals surface area contributed by atoms with Crippen molar-refractivity contribution in [3.05, 3.63) is 29.8 Å². The Kier molecular flexibility index (Phi) is 3.87. The van der Waals surface area contributed by atoms with Crippen LogP contribution in [0.25, 0.3) is 0 Å². The van der Waals surface area contributed by atoms with E-state index in [4.69, 9.17) is 11.6 Å². The van der Waals surface area contributed by atoms with Gasteiger partial charge in [-0.25, -0.2) is 4.99 Å². The van der Waals surface area contributed by atoms with Crippen LogP contribution >= 0.6 is 11.6 Å². The lowest BCUT2D eigenvalue weighted by atomic mass is 9.87. The largest absolute Gasteiger partial charge is 0.444 e. The fourth-order valence-electron chi connectivity index (χ4n) is 1.21. The van der Waals surface area contributed by atoms with Gasteiger partial charge in [-0.05, 0) is 23.1 Å². The van der Waals surface area contributed by atoms with Gasteiger partial charge in [0.1, 0.15) is 0 Å². The molecule has 0 radical (unpaired) electrons. The first-order chi connectivity index (χ1) is 7.60. The molecular weight excluding hydrogens is 251 g/mol. The van der Waals surface area contributed by atoms with Crippen LogP contribution in [0.4, 0.5) is 18.9 Å². The first-order valence-corrected chi connectivity index (χ1v) is 5.40. The third kappa shape index (κ3) is 4.04. The molecule has 1 aromatic rings. The first-order valence-electron chi connectivity index (χ1n) is 5.02. The van der Waals surface area contributed by atoms with Gasteiger partial charge in [0.2, 0.25) is 5.17 Å². The summed E-state index contributed by atoms with van der Waals surface area (Å²) in [6, 6.07) is 6.54. The first kappa shape index (κ1) is 14.0. The lowest BCUT2D eigenvalue weighted by Crippen LogP contribution is -2.16. The van der Waals surface area contributed by atoms with Crippen LogP contribution in [0, 0.1) is 0 Å². The lowest BCUT2D eigenvalue weighted by Gasteiger charge is -2.18. The van der Waals surface area contributed by atoms with Gasteiger partial charge in [0.25, 0.3) is 0 Å². The Hall–Kier alpha value is -1.03. The zero-order valence-corrected chi connectivity index (χ0v) is 10.5. The Bertz CT molecular complexity index is 413. The summed E-state index contributed by atoms with van der Waals surface area (Å²) < 4.78 is 36.4. The third-order valence-corrected chi connectivity index (χ3v) is 2.49. The van der Waals surface area contributed by atoms with Gasteiger partial charge in [0.05, 0.1) is 5.69 Å². The smallest absolute Gasteiger partial charge is 0.232 e. The monoisotopic (exact) mass is 263 g/mol. The maximum absolute atomic E-state index is 12.1. The van der Waals surface area contributed by atoms with Gasteiger partial charge in [-0.1, -0.05) is 44.5 Å². The number of rotatable bonds is 1. The van der Waals surface area contributed by atoms with Crippen LogP contribution < -0.4 is 0 Å². The molecule has 0 fully saturated rings. The summed E-state index contributed by atoms with van der Waals surface area (Å²) in [6.45, 7) is 6.07. The average Bonchev–Trinajstić information content (AvgIpc) is 2.15. The highest BCUT2D eigenvalue weighted by atomic mass is 35.5. The zero-order valence-electron chi connectivity index (χ0n) is 9.77. The van der Waals surface area contributed by atoms with Crippen molar-refractivity contribution in [2.45, 2.75) is 32.4 Å². The van der Waals surface area contributed by atoms with Crippen molar-refractivity contribution in [3.8, 4) is 0 Å². The van der Waals surface area contributed by atoms with Gasteiger partial charge in [0, 0.05) is 0 Å². The second-order valence-electron chi connectivity index (χ2n) is 4.70. The molecule has 17 heavy (non-hydrogen) atoms. The van der Waals surface area contributed by atoms with E-state index in [9.17, 15) is 13.2 Å². The molecule has 0 saturated carbocycles. The van der Waals surface area contributed by atoms with E-state index >= 15 is 0 Å². The molecule has 0 heterocycles. The van der Waals surface area contributed by atoms with Crippen molar-refractivity contribution in [2.24, 2.45) is 4.99 Å². The van der Waals surface area contributed by atoms with Crippen molar-refractivity contribution in [1.82, 2.24) is 0 Å².